The molecular formula is C23H22FN3O3S. The number of ether oxygens (including phenoxy) is 1. The van der Waals surface area contributed by atoms with Gasteiger partial charge in [0.05, 0.1) is 6.10 Å². The first-order valence-electron chi connectivity index (χ1n) is 10.1. The van der Waals surface area contributed by atoms with Gasteiger partial charge in [0, 0.05) is 42.4 Å². The van der Waals surface area contributed by atoms with Crippen LogP contribution in [0, 0.1) is 5.82 Å². The van der Waals surface area contributed by atoms with Crippen molar-refractivity contribution in [2.75, 3.05) is 13.2 Å². The number of amides is 2. The van der Waals surface area contributed by atoms with Crippen LogP contribution in [0.25, 0.3) is 0 Å². The van der Waals surface area contributed by atoms with Crippen LogP contribution in [0.3, 0.4) is 0 Å². The number of aromatic nitrogens is 1. The number of carbonyl (C=O) groups is 2. The van der Waals surface area contributed by atoms with Gasteiger partial charge in [0.1, 0.15) is 5.82 Å². The highest BCUT2D eigenvalue weighted by Crippen LogP contribution is 2.11. The molecule has 1 aromatic heterocycles. The number of nitrogens with one attached hydrogen (secondary N) is 1. The van der Waals surface area contributed by atoms with E-state index in [2.05, 4.69) is 10.3 Å². The average molecular weight is 440 g/mol. The number of hydrogen-bond donors (Lipinski definition) is 1. The van der Waals surface area contributed by atoms with Crippen LogP contribution >= 0.6 is 11.3 Å². The molecule has 0 aliphatic carbocycles. The fourth-order valence-electron chi connectivity index (χ4n) is 3.32. The van der Waals surface area contributed by atoms with E-state index in [4.69, 9.17) is 4.74 Å². The molecule has 8 heteroatoms. The van der Waals surface area contributed by atoms with E-state index in [0.717, 1.165) is 25.0 Å². The molecule has 1 aliphatic heterocycles. The Morgan fingerprint density at radius 1 is 1.13 bits per heavy atom. The highest BCUT2D eigenvalue weighted by atomic mass is 32.1. The van der Waals surface area contributed by atoms with Gasteiger partial charge in [-0.25, -0.2) is 4.39 Å². The molecule has 1 N–H and O–H groups in total. The zero-order chi connectivity index (χ0) is 21.6. The lowest BCUT2D eigenvalue weighted by Crippen LogP contribution is -2.31. The molecule has 1 fully saturated rings. The van der Waals surface area contributed by atoms with Gasteiger partial charge in [-0.15, -0.1) is 11.3 Å². The number of halogens is 1. The molecule has 6 nitrogen and oxygen atoms in total. The topological polar surface area (TPSA) is 72.7 Å². The monoisotopic (exact) mass is 439 g/mol. The Kier molecular flexibility index (Phi) is 6.69. The minimum atomic E-state index is -0.422. The smallest absolute Gasteiger partial charge is 0.279 e. The number of carbonyl (C=O) groups excluding carboxylic acids is 2. The summed E-state index contributed by atoms with van der Waals surface area (Å²) in [7, 11) is 0. The van der Waals surface area contributed by atoms with Crippen LogP contribution in [-0.4, -0.2) is 35.6 Å². The summed E-state index contributed by atoms with van der Waals surface area (Å²) in [5.74, 6) is -0.938. The van der Waals surface area contributed by atoms with Gasteiger partial charge in [-0.3, -0.25) is 9.59 Å². The maximum absolute atomic E-state index is 13.1. The largest absolute Gasteiger partial charge is 0.376 e. The molecule has 160 valence electrons. The third-order valence-corrected chi connectivity index (χ3v) is 5.83. The molecule has 4 rings (SSSR count). The Morgan fingerprint density at radius 2 is 1.87 bits per heavy atom. The predicted molar refractivity (Wildman–Crippen MR) is 115 cm³/mol. The fourth-order valence-corrected chi connectivity index (χ4v) is 4.05. The summed E-state index contributed by atoms with van der Waals surface area (Å²) in [6.45, 7) is 1.80. The third kappa shape index (κ3) is 5.53. The average Bonchev–Trinajstić information content (AvgIpc) is 3.45. The molecule has 0 saturated carbocycles. The Labute approximate surface area is 183 Å². The normalized spacial score (nSPS) is 16.4. The van der Waals surface area contributed by atoms with E-state index >= 15 is 0 Å². The van der Waals surface area contributed by atoms with Crippen molar-refractivity contribution in [1.29, 1.82) is 0 Å². The molecule has 2 aromatic carbocycles. The van der Waals surface area contributed by atoms with Crippen LogP contribution in [0.5, 0.6) is 0 Å². The molecule has 0 radical (unpaired) electrons. The molecular weight excluding hydrogens is 417 g/mol. The van der Waals surface area contributed by atoms with Crippen LogP contribution in [0.1, 0.15) is 39.1 Å². The minimum absolute atomic E-state index is 0.109. The minimum Gasteiger partial charge on any atom is -0.376 e. The maximum Gasteiger partial charge on any atom is 0.279 e. The van der Waals surface area contributed by atoms with Crippen LogP contribution < -0.4 is 10.1 Å². The number of rotatable bonds is 6. The van der Waals surface area contributed by atoms with Crippen molar-refractivity contribution < 1.29 is 18.7 Å². The highest BCUT2D eigenvalue weighted by Gasteiger charge is 2.16. The number of hydrogen-bond acceptors (Lipinski definition) is 4. The summed E-state index contributed by atoms with van der Waals surface area (Å²) in [5.41, 5.74) is 1.90. The third-order valence-electron chi connectivity index (χ3n) is 5.03. The van der Waals surface area contributed by atoms with E-state index in [9.17, 15) is 14.0 Å². The second-order valence-electron chi connectivity index (χ2n) is 7.28. The molecule has 31 heavy (non-hydrogen) atoms. The van der Waals surface area contributed by atoms with Crippen LogP contribution in [-0.2, 0) is 11.3 Å². The first-order chi connectivity index (χ1) is 15.1. The van der Waals surface area contributed by atoms with E-state index < -0.39 is 11.7 Å². The lowest BCUT2D eigenvalue weighted by Gasteiger charge is -2.11. The van der Waals surface area contributed by atoms with Crippen molar-refractivity contribution in [3.63, 3.8) is 0 Å². The molecule has 1 unspecified atom stereocenters. The molecule has 2 amide bonds. The van der Waals surface area contributed by atoms with E-state index in [1.165, 1.54) is 35.6 Å². The Bertz CT molecular complexity index is 1110. The van der Waals surface area contributed by atoms with Gasteiger partial charge < -0.3 is 14.6 Å². The van der Waals surface area contributed by atoms with Gasteiger partial charge in [0.2, 0.25) is 0 Å². The molecule has 1 aliphatic rings. The van der Waals surface area contributed by atoms with Crippen molar-refractivity contribution >= 4 is 23.2 Å². The van der Waals surface area contributed by atoms with Crippen LogP contribution in [0.4, 0.5) is 4.39 Å². The summed E-state index contributed by atoms with van der Waals surface area (Å²) < 4.78 is 20.4. The Balaban J connectivity index is 1.40. The highest BCUT2D eigenvalue weighted by molar-refractivity contribution is 7.07. The molecule has 0 spiro atoms. The SMILES string of the molecule is O=C(N=c1sccn1Cc1ccc(C(=O)NCC2CCCO2)cc1)c1ccc(F)cc1. The number of nitrogens with zero attached hydrogens (tertiary/aromatic N) is 2. The lowest BCUT2D eigenvalue weighted by molar-refractivity contribution is 0.0857. The van der Waals surface area contributed by atoms with Gasteiger partial charge in [0.15, 0.2) is 4.80 Å². The second-order valence-corrected chi connectivity index (χ2v) is 8.15. The number of benzene rings is 2. The van der Waals surface area contributed by atoms with Gasteiger partial charge in [0.25, 0.3) is 11.8 Å². The maximum atomic E-state index is 13.1. The standard InChI is InChI=1S/C23H22FN3O3S/c24-19-9-7-18(8-10-19)22(29)26-23-27(11-13-31-23)15-16-3-5-17(6-4-16)21(28)25-14-20-2-1-12-30-20/h3-11,13,20H,1-2,12,14-15H2,(H,25,28). The quantitative estimate of drug-likeness (QED) is 0.640. The molecule has 3 aromatic rings. The van der Waals surface area contributed by atoms with E-state index in [1.807, 2.05) is 28.3 Å². The Hall–Kier alpha value is -3.10. The van der Waals surface area contributed by atoms with Crippen LogP contribution in [0.15, 0.2) is 65.1 Å². The first-order valence-corrected chi connectivity index (χ1v) is 10.9. The molecule has 0 bridgehead atoms. The molecule has 1 atom stereocenters. The molecule has 1 saturated heterocycles. The predicted octanol–water partition coefficient (Wildman–Crippen LogP) is 3.39. The van der Waals surface area contributed by atoms with Gasteiger partial charge in [-0.05, 0) is 54.8 Å². The summed E-state index contributed by atoms with van der Waals surface area (Å²) in [6, 6.07) is 12.7. The van der Waals surface area contributed by atoms with E-state index in [1.54, 1.807) is 12.1 Å². The van der Waals surface area contributed by atoms with Gasteiger partial charge in [-0.1, -0.05) is 12.1 Å². The molecule has 2 heterocycles. The van der Waals surface area contributed by atoms with Crippen molar-refractivity contribution in [2.24, 2.45) is 4.99 Å². The van der Waals surface area contributed by atoms with Crippen molar-refractivity contribution in [3.05, 3.63) is 87.4 Å². The van der Waals surface area contributed by atoms with Crippen molar-refractivity contribution in [2.45, 2.75) is 25.5 Å². The zero-order valence-electron chi connectivity index (χ0n) is 16.8. The lowest BCUT2D eigenvalue weighted by atomic mass is 10.1. The Morgan fingerprint density at radius 3 is 2.58 bits per heavy atom. The number of thiazole rings is 1. The first kappa shape index (κ1) is 21.1. The fraction of sp³-hybridized carbons (Fsp3) is 0.261. The van der Waals surface area contributed by atoms with Crippen molar-refractivity contribution in [3.8, 4) is 0 Å². The van der Waals surface area contributed by atoms with Crippen molar-refractivity contribution in [1.82, 2.24) is 9.88 Å². The summed E-state index contributed by atoms with van der Waals surface area (Å²) in [4.78, 5) is 29.4. The second kappa shape index (κ2) is 9.80. The summed E-state index contributed by atoms with van der Waals surface area (Å²) >= 11 is 1.35. The van der Waals surface area contributed by atoms with Gasteiger partial charge in [-0.2, -0.15) is 4.99 Å². The van der Waals surface area contributed by atoms with Gasteiger partial charge >= 0.3 is 0 Å². The van der Waals surface area contributed by atoms with Crippen LogP contribution in [0.2, 0.25) is 0 Å². The summed E-state index contributed by atoms with van der Waals surface area (Å²) in [5, 5.41) is 4.76. The zero-order valence-corrected chi connectivity index (χ0v) is 17.6. The summed E-state index contributed by atoms with van der Waals surface area (Å²) in [6.07, 6.45) is 3.98. The van der Waals surface area contributed by atoms with E-state index in [-0.39, 0.29) is 12.0 Å². The van der Waals surface area contributed by atoms with E-state index in [0.29, 0.717) is 29.0 Å².